The van der Waals surface area contributed by atoms with E-state index >= 15 is 0 Å². The SMILES string of the molecule is Cc1nc(-c2c(Cl)cccc2Cl)sc1C(=O)NC1CCS(=O)(=O)C1. The maximum Gasteiger partial charge on any atom is 0.263 e. The van der Waals surface area contributed by atoms with Gasteiger partial charge in [0.25, 0.3) is 5.91 Å². The third kappa shape index (κ3) is 3.59. The zero-order valence-electron chi connectivity index (χ0n) is 12.7. The number of rotatable bonds is 3. The van der Waals surface area contributed by atoms with Crippen LogP contribution in [0.25, 0.3) is 10.6 Å². The number of aromatic nitrogens is 1. The lowest BCUT2D eigenvalue weighted by Crippen LogP contribution is -2.35. The van der Waals surface area contributed by atoms with E-state index in [1.54, 1.807) is 25.1 Å². The third-order valence-corrected chi connectivity index (χ3v) is 7.32. The quantitative estimate of drug-likeness (QED) is 0.850. The molecule has 1 N–H and O–H groups in total. The number of carbonyl (C=O) groups is 1. The molecule has 1 amide bonds. The van der Waals surface area contributed by atoms with Crippen molar-refractivity contribution in [3.05, 3.63) is 38.8 Å². The Morgan fingerprint density at radius 2 is 2.00 bits per heavy atom. The maximum absolute atomic E-state index is 12.4. The summed E-state index contributed by atoms with van der Waals surface area (Å²) in [5.41, 5.74) is 1.15. The highest BCUT2D eigenvalue weighted by Crippen LogP contribution is 2.37. The molecule has 1 fully saturated rings. The van der Waals surface area contributed by atoms with Crippen molar-refractivity contribution in [1.82, 2.24) is 10.3 Å². The van der Waals surface area contributed by atoms with E-state index in [0.29, 0.717) is 37.6 Å². The minimum Gasteiger partial charge on any atom is -0.347 e. The number of benzene rings is 1. The van der Waals surface area contributed by atoms with Crippen LogP contribution in [0.3, 0.4) is 0 Å². The smallest absolute Gasteiger partial charge is 0.263 e. The van der Waals surface area contributed by atoms with Crippen molar-refractivity contribution in [2.75, 3.05) is 11.5 Å². The standard InChI is InChI=1S/C15H14Cl2N2O3S2/c1-8-13(14(20)19-9-5-6-24(21,22)7-9)23-15(18-8)12-10(16)3-2-4-11(12)17/h2-4,9H,5-7H2,1H3,(H,19,20). The second-order valence-corrected chi connectivity index (χ2v) is 9.65. The molecular formula is C15H14Cl2N2O3S2. The molecule has 0 radical (unpaired) electrons. The molecule has 1 unspecified atom stereocenters. The Morgan fingerprint density at radius 1 is 1.33 bits per heavy atom. The predicted molar refractivity (Wildman–Crippen MR) is 96.8 cm³/mol. The number of sulfone groups is 1. The van der Waals surface area contributed by atoms with Gasteiger partial charge in [-0.2, -0.15) is 0 Å². The van der Waals surface area contributed by atoms with E-state index in [1.807, 2.05) is 0 Å². The van der Waals surface area contributed by atoms with Crippen LogP contribution >= 0.6 is 34.5 Å². The molecule has 9 heteroatoms. The molecular weight excluding hydrogens is 391 g/mol. The lowest BCUT2D eigenvalue weighted by molar-refractivity contribution is 0.0944. The summed E-state index contributed by atoms with van der Waals surface area (Å²) in [5.74, 6) is -0.221. The van der Waals surface area contributed by atoms with Gasteiger partial charge in [0.15, 0.2) is 9.84 Å². The van der Waals surface area contributed by atoms with Crippen molar-refractivity contribution < 1.29 is 13.2 Å². The summed E-state index contributed by atoms with van der Waals surface area (Å²) in [5, 5.41) is 4.26. The number of thiazole rings is 1. The van der Waals surface area contributed by atoms with Gasteiger partial charge in [-0.15, -0.1) is 11.3 Å². The van der Waals surface area contributed by atoms with Crippen LogP contribution in [0.5, 0.6) is 0 Å². The molecule has 0 saturated carbocycles. The minimum atomic E-state index is -3.04. The van der Waals surface area contributed by atoms with Gasteiger partial charge in [0.1, 0.15) is 9.88 Å². The van der Waals surface area contributed by atoms with Crippen LogP contribution in [0, 0.1) is 6.92 Å². The largest absolute Gasteiger partial charge is 0.347 e. The summed E-state index contributed by atoms with van der Waals surface area (Å²) in [6.07, 6.45) is 0.440. The van der Waals surface area contributed by atoms with Crippen LogP contribution in [0.4, 0.5) is 0 Å². The summed E-state index contributed by atoms with van der Waals surface area (Å²) >= 11 is 13.6. The summed E-state index contributed by atoms with van der Waals surface area (Å²) in [4.78, 5) is 17.3. The first-order valence-electron chi connectivity index (χ1n) is 7.20. The number of carbonyl (C=O) groups excluding carboxylic acids is 1. The molecule has 1 aliphatic heterocycles. The van der Waals surface area contributed by atoms with Gasteiger partial charge < -0.3 is 5.32 Å². The van der Waals surface area contributed by atoms with Crippen molar-refractivity contribution in [3.8, 4) is 10.6 Å². The molecule has 0 bridgehead atoms. The fourth-order valence-corrected chi connectivity index (χ4v) is 5.98. The number of hydrogen-bond acceptors (Lipinski definition) is 5. The maximum atomic E-state index is 12.4. The van der Waals surface area contributed by atoms with E-state index in [1.165, 1.54) is 11.3 Å². The molecule has 5 nitrogen and oxygen atoms in total. The van der Waals surface area contributed by atoms with E-state index in [0.717, 1.165) is 0 Å². The van der Waals surface area contributed by atoms with E-state index < -0.39 is 9.84 Å². The summed E-state index contributed by atoms with van der Waals surface area (Å²) in [6, 6.07) is 4.81. The average molecular weight is 405 g/mol. The first kappa shape index (κ1) is 17.7. The van der Waals surface area contributed by atoms with E-state index in [9.17, 15) is 13.2 Å². The van der Waals surface area contributed by atoms with Crippen LogP contribution < -0.4 is 5.32 Å². The lowest BCUT2D eigenvalue weighted by Gasteiger charge is -2.09. The molecule has 0 aliphatic carbocycles. The molecule has 24 heavy (non-hydrogen) atoms. The Kier molecular flexibility index (Phi) is 4.88. The number of hydrogen-bond donors (Lipinski definition) is 1. The highest BCUT2D eigenvalue weighted by molar-refractivity contribution is 7.91. The molecule has 2 heterocycles. The van der Waals surface area contributed by atoms with Gasteiger partial charge in [0, 0.05) is 11.6 Å². The molecule has 128 valence electrons. The molecule has 2 aromatic rings. The van der Waals surface area contributed by atoms with E-state index in [-0.39, 0.29) is 23.5 Å². The van der Waals surface area contributed by atoms with Crippen LogP contribution in [0.2, 0.25) is 10.0 Å². The number of nitrogens with one attached hydrogen (secondary N) is 1. The molecule has 1 atom stereocenters. The summed E-state index contributed by atoms with van der Waals surface area (Å²) in [6.45, 7) is 1.73. The van der Waals surface area contributed by atoms with Gasteiger partial charge in [0.05, 0.1) is 27.2 Å². The second-order valence-electron chi connectivity index (χ2n) is 5.60. The fraction of sp³-hybridized carbons (Fsp3) is 0.333. The topological polar surface area (TPSA) is 76.1 Å². The third-order valence-electron chi connectivity index (χ3n) is 3.75. The Labute approximate surface area is 153 Å². The molecule has 3 rings (SSSR count). The minimum absolute atomic E-state index is 0.0141. The fourth-order valence-electron chi connectivity index (χ4n) is 2.58. The molecule has 1 saturated heterocycles. The van der Waals surface area contributed by atoms with Crippen molar-refractivity contribution in [1.29, 1.82) is 0 Å². The average Bonchev–Trinajstić information content (AvgIpc) is 3.01. The monoisotopic (exact) mass is 404 g/mol. The van der Waals surface area contributed by atoms with E-state index in [4.69, 9.17) is 23.2 Å². The first-order chi connectivity index (χ1) is 11.3. The highest BCUT2D eigenvalue weighted by atomic mass is 35.5. The van der Waals surface area contributed by atoms with Gasteiger partial charge in [-0.3, -0.25) is 4.79 Å². The van der Waals surface area contributed by atoms with Gasteiger partial charge in [0.2, 0.25) is 0 Å². The molecule has 0 spiro atoms. The highest BCUT2D eigenvalue weighted by Gasteiger charge is 2.30. The van der Waals surface area contributed by atoms with Crippen LogP contribution in [-0.4, -0.2) is 36.9 Å². The first-order valence-corrected chi connectivity index (χ1v) is 10.6. The normalized spacial score (nSPS) is 19.4. The summed E-state index contributed by atoms with van der Waals surface area (Å²) in [7, 11) is -3.04. The van der Waals surface area contributed by atoms with E-state index in [2.05, 4.69) is 10.3 Å². The predicted octanol–water partition coefficient (Wildman–Crippen LogP) is 3.34. The molecule has 1 aromatic carbocycles. The Hall–Kier alpha value is -1.15. The van der Waals surface area contributed by atoms with Gasteiger partial charge >= 0.3 is 0 Å². The number of aryl methyl sites for hydroxylation is 1. The van der Waals surface area contributed by atoms with Crippen LogP contribution in [0.15, 0.2) is 18.2 Å². The van der Waals surface area contributed by atoms with Crippen molar-refractivity contribution in [2.24, 2.45) is 0 Å². The second kappa shape index (κ2) is 6.63. The van der Waals surface area contributed by atoms with Gasteiger partial charge in [-0.25, -0.2) is 13.4 Å². The molecule has 1 aliphatic rings. The molecule has 1 aromatic heterocycles. The van der Waals surface area contributed by atoms with Crippen LogP contribution in [-0.2, 0) is 9.84 Å². The lowest BCUT2D eigenvalue weighted by atomic mass is 10.2. The van der Waals surface area contributed by atoms with Gasteiger partial charge in [-0.05, 0) is 25.5 Å². The van der Waals surface area contributed by atoms with Crippen LogP contribution in [0.1, 0.15) is 21.8 Å². The number of amides is 1. The number of nitrogens with zero attached hydrogens (tertiary/aromatic N) is 1. The van der Waals surface area contributed by atoms with Crippen molar-refractivity contribution in [2.45, 2.75) is 19.4 Å². The Morgan fingerprint density at radius 3 is 2.58 bits per heavy atom. The van der Waals surface area contributed by atoms with Crippen molar-refractivity contribution in [3.63, 3.8) is 0 Å². The Balaban J connectivity index is 1.85. The van der Waals surface area contributed by atoms with Crippen molar-refractivity contribution >= 4 is 50.3 Å². The zero-order chi connectivity index (χ0) is 17.5. The zero-order valence-corrected chi connectivity index (χ0v) is 15.8. The Bertz CT molecular complexity index is 889. The van der Waals surface area contributed by atoms with Gasteiger partial charge in [-0.1, -0.05) is 29.3 Å². The number of halogens is 2. The summed E-state index contributed by atoms with van der Waals surface area (Å²) < 4.78 is 23.0.